The molecule has 148 valence electrons. The Morgan fingerprint density at radius 1 is 1.10 bits per heavy atom. The third-order valence-electron chi connectivity index (χ3n) is 4.92. The molecule has 2 N–H and O–H groups in total. The molecule has 1 aromatic carbocycles. The van der Waals surface area contributed by atoms with Crippen molar-refractivity contribution in [2.75, 3.05) is 31.1 Å². The number of nitrogens with zero attached hydrogens (tertiary/aromatic N) is 5. The summed E-state index contributed by atoms with van der Waals surface area (Å²) in [6, 6.07) is 8.36. The third-order valence-corrected chi connectivity index (χ3v) is 4.92. The van der Waals surface area contributed by atoms with Crippen molar-refractivity contribution in [3.05, 3.63) is 66.0 Å². The molecule has 3 heterocycles. The molecular weight excluding hydrogens is 369 g/mol. The molecule has 0 atom stereocenters. The number of benzene rings is 1. The lowest BCUT2D eigenvalue weighted by atomic mass is 10.1. The molecule has 3 aromatic rings. The zero-order valence-corrected chi connectivity index (χ0v) is 16.1. The van der Waals surface area contributed by atoms with Crippen molar-refractivity contribution >= 4 is 18.1 Å². The van der Waals surface area contributed by atoms with E-state index in [1.54, 1.807) is 12.1 Å². The molecule has 0 spiro atoms. The Bertz CT molecular complexity index is 1000. The summed E-state index contributed by atoms with van der Waals surface area (Å²) in [6.07, 6.45) is 6.58. The topological polar surface area (TPSA) is 84.3 Å². The van der Waals surface area contributed by atoms with Crippen molar-refractivity contribution < 1.29 is 4.39 Å². The average Bonchev–Trinajstić information content (AvgIpc) is 3.23. The van der Waals surface area contributed by atoms with E-state index in [9.17, 15) is 4.39 Å². The lowest BCUT2D eigenvalue weighted by Crippen LogP contribution is -2.49. The first-order valence-electron chi connectivity index (χ1n) is 9.44. The van der Waals surface area contributed by atoms with Crippen LogP contribution in [0, 0.1) is 18.2 Å². The average molecular weight is 391 g/mol. The second kappa shape index (κ2) is 8.22. The minimum absolute atomic E-state index is 0.258. The SMILES string of the molecule is Cc1cnc(N2CCN(C(=NC=N)c3cc(-c4ccc(F)cc4)c[nH]3)CC2)nc1. The summed E-state index contributed by atoms with van der Waals surface area (Å²) in [5.74, 6) is 1.20. The molecule has 0 radical (unpaired) electrons. The molecule has 1 aliphatic rings. The van der Waals surface area contributed by atoms with Crippen LogP contribution in [0.4, 0.5) is 10.3 Å². The van der Waals surface area contributed by atoms with Gasteiger partial charge in [0.2, 0.25) is 5.95 Å². The van der Waals surface area contributed by atoms with E-state index in [2.05, 4.69) is 29.7 Å². The summed E-state index contributed by atoms with van der Waals surface area (Å²) in [4.78, 5) is 20.6. The maximum absolute atomic E-state index is 13.2. The molecule has 0 aliphatic carbocycles. The lowest BCUT2D eigenvalue weighted by Gasteiger charge is -2.36. The van der Waals surface area contributed by atoms with Crippen LogP contribution in [0.1, 0.15) is 11.3 Å². The van der Waals surface area contributed by atoms with E-state index in [1.165, 1.54) is 12.1 Å². The van der Waals surface area contributed by atoms with Gasteiger partial charge in [-0.15, -0.1) is 0 Å². The van der Waals surface area contributed by atoms with Crippen LogP contribution in [0.5, 0.6) is 0 Å². The van der Waals surface area contributed by atoms with Crippen molar-refractivity contribution in [3.8, 4) is 11.1 Å². The predicted octanol–water partition coefficient (Wildman–Crippen LogP) is 3.10. The summed E-state index contributed by atoms with van der Waals surface area (Å²) in [5, 5.41) is 7.46. The Morgan fingerprint density at radius 3 is 2.45 bits per heavy atom. The quantitative estimate of drug-likeness (QED) is 0.529. The number of aromatic nitrogens is 3. The van der Waals surface area contributed by atoms with Crippen LogP contribution in [0.2, 0.25) is 0 Å². The highest BCUT2D eigenvalue weighted by Gasteiger charge is 2.23. The number of aliphatic imine (C=N–C) groups is 1. The standard InChI is InChI=1S/C21H22FN7/c1-15-11-25-21(26-12-15)29-8-6-28(7-9-29)20(27-14-23)19-10-17(13-24-19)16-2-4-18(22)5-3-16/h2-5,10-14,23-24H,6-9H2,1H3. The smallest absolute Gasteiger partial charge is 0.225 e. The predicted molar refractivity (Wildman–Crippen MR) is 112 cm³/mol. The number of H-pyrrole nitrogens is 1. The van der Waals surface area contributed by atoms with Gasteiger partial charge in [-0.2, -0.15) is 0 Å². The first kappa shape index (κ1) is 18.8. The first-order valence-corrected chi connectivity index (χ1v) is 9.44. The molecule has 0 unspecified atom stereocenters. The fourth-order valence-corrected chi connectivity index (χ4v) is 3.38. The van der Waals surface area contributed by atoms with Gasteiger partial charge in [0.1, 0.15) is 12.2 Å². The highest BCUT2D eigenvalue weighted by Crippen LogP contribution is 2.22. The molecule has 4 rings (SSSR count). The van der Waals surface area contributed by atoms with Crippen molar-refractivity contribution in [3.63, 3.8) is 0 Å². The Balaban J connectivity index is 1.49. The normalized spacial score (nSPS) is 14.9. The second-order valence-electron chi connectivity index (χ2n) is 6.93. The van der Waals surface area contributed by atoms with Gasteiger partial charge < -0.3 is 14.8 Å². The number of aryl methyl sites for hydroxylation is 1. The molecule has 1 aliphatic heterocycles. The minimum Gasteiger partial charge on any atom is -0.358 e. The number of halogens is 1. The van der Waals surface area contributed by atoms with Crippen LogP contribution in [-0.2, 0) is 0 Å². The van der Waals surface area contributed by atoms with Gasteiger partial charge >= 0.3 is 0 Å². The Hall–Kier alpha value is -3.55. The molecular formula is C21H22FN7. The molecule has 7 nitrogen and oxygen atoms in total. The second-order valence-corrected chi connectivity index (χ2v) is 6.93. The highest BCUT2D eigenvalue weighted by molar-refractivity contribution is 6.01. The maximum Gasteiger partial charge on any atom is 0.225 e. The molecule has 1 saturated heterocycles. The van der Waals surface area contributed by atoms with Crippen LogP contribution in [0.15, 0.2) is 53.9 Å². The lowest BCUT2D eigenvalue weighted by molar-refractivity contribution is 0.383. The summed E-state index contributed by atoms with van der Waals surface area (Å²) in [5.41, 5.74) is 3.73. The van der Waals surface area contributed by atoms with Gasteiger partial charge in [-0.05, 0) is 41.8 Å². The van der Waals surface area contributed by atoms with Gasteiger partial charge in [-0.3, -0.25) is 5.41 Å². The zero-order chi connectivity index (χ0) is 20.2. The van der Waals surface area contributed by atoms with E-state index < -0.39 is 0 Å². The summed E-state index contributed by atoms with van der Waals surface area (Å²) < 4.78 is 13.2. The van der Waals surface area contributed by atoms with Crippen molar-refractivity contribution in [2.24, 2.45) is 4.99 Å². The number of hydrogen-bond acceptors (Lipinski definition) is 4. The molecule has 0 saturated carbocycles. The van der Waals surface area contributed by atoms with Crippen LogP contribution < -0.4 is 4.90 Å². The number of amidine groups is 1. The van der Waals surface area contributed by atoms with E-state index in [0.717, 1.165) is 66.7 Å². The number of rotatable bonds is 4. The van der Waals surface area contributed by atoms with Gasteiger partial charge in [0.25, 0.3) is 0 Å². The van der Waals surface area contributed by atoms with E-state index in [-0.39, 0.29) is 5.82 Å². The zero-order valence-electron chi connectivity index (χ0n) is 16.1. The molecule has 0 amide bonds. The van der Waals surface area contributed by atoms with Crippen LogP contribution in [-0.4, -0.2) is 58.2 Å². The summed E-state index contributed by atoms with van der Waals surface area (Å²) >= 11 is 0. The van der Waals surface area contributed by atoms with Crippen LogP contribution >= 0.6 is 0 Å². The van der Waals surface area contributed by atoms with E-state index >= 15 is 0 Å². The van der Waals surface area contributed by atoms with Crippen molar-refractivity contribution in [1.29, 1.82) is 5.41 Å². The number of piperazine rings is 1. The molecule has 8 heteroatoms. The van der Waals surface area contributed by atoms with Gasteiger partial charge in [-0.1, -0.05) is 12.1 Å². The monoisotopic (exact) mass is 391 g/mol. The molecule has 1 fully saturated rings. The Labute approximate surface area is 168 Å². The van der Waals surface area contributed by atoms with Gasteiger partial charge in [0.15, 0.2) is 5.84 Å². The largest absolute Gasteiger partial charge is 0.358 e. The van der Waals surface area contributed by atoms with Gasteiger partial charge in [0, 0.05) is 44.8 Å². The van der Waals surface area contributed by atoms with Gasteiger partial charge in [0.05, 0.1) is 5.69 Å². The molecule has 0 bridgehead atoms. The fourth-order valence-electron chi connectivity index (χ4n) is 3.38. The van der Waals surface area contributed by atoms with Crippen LogP contribution in [0.25, 0.3) is 11.1 Å². The fraction of sp³-hybridized carbons (Fsp3) is 0.238. The maximum atomic E-state index is 13.2. The van der Waals surface area contributed by atoms with Gasteiger partial charge in [-0.25, -0.2) is 19.4 Å². The summed E-state index contributed by atoms with van der Waals surface area (Å²) in [7, 11) is 0. The number of hydrogen-bond donors (Lipinski definition) is 2. The van der Waals surface area contributed by atoms with E-state index in [4.69, 9.17) is 5.41 Å². The highest BCUT2D eigenvalue weighted by atomic mass is 19.1. The number of anilines is 1. The summed E-state index contributed by atoms with van der Waals surface area (Å²) in [6.45, 7) is 5.00. The van der Waals surface area contributed by atoms with E-state index in [1.807, 2.05) is 31.6 Å². The number of nitrogens with one attached hydrogen (secondary N) is 2. The van der Waals surface area contributed by atoms with Crippen molar-refractivity contribution in [2.45, 2.75) is 6.92 Å². The van der Waals surface area contributed by atoms with Crippen LogP contribution in [0.3, 0.4) is 0 Å². The first-order chi connectivity index (χ1) is 14.1. The molecule has 29 heavy (non-hydrogen) atoms. The van der Waals surface area contributed by atoms with Crippen molar-refractivity contribution in [1.82, 2.24) is 19.9 Å². The number of aromatic amines is 1. The minimum atomic E-state index is -0.258. The molecule has 2 aromatic heterocycles. The third kappa shape index (κ3) is 4.16. The Morgan fingerprint density at radius 2 is 1.79 bits per heavy atom. The Kier molecular flexibility index (Phi) is 5.33. The van der Waals surface area contributed by atoms with E-state index in [0.29, 0.717) is 0 Å².